The highest BCUT2D eigenvalue weighted by Gasteiger charge is 2.34. The Bertz CT molecular complexity index is 2210. The molecule has 0 saturated carbocycles. The van der Waals surface area contributed by atoms with Gasteiger partial charge in [-0.25, -0.2) is 0 Å². The Morgan fingerprint density at radius 2 is 1.23 bits per heavy atom. The van der Waals surface area contributed by atoms with E-state index in [1.54, 1.807) is 0 Å². The predicted octanol–water partition coefficient (Wildman–Crippen LogP) is 11.5. The van der Waals surface area contributed by atoms with Gasteiger partial charge in [0.15, 0.2) is 0 Å². The van der Waals surface area contributed by atoms with Crippen molar-refractivity contribution in [3.8, 4) is 33.4 Å². The summed E-state index contributed by atoms with van der Waals surface area (Å²) in [5.74, 6) is 0.272. The van der Waals surface area contributed by atoms with E-state index in [0.717, 1.165) is 6.42 Å². The monoisotopic (exact) mass is 558 g/mol. The maximum absolute atomic E-state index is 2.47. The number of hydrogen-bond acceptors (Lipinski definition) is 0. The Kier molecular flexibility index (Phi) is 5.74. The summed E-state index contributed by atoms with van der Waals surface area (Å²) in [5.41, 5.74) is 17.4. The first-order chi connectivity index (χ1) is 21.8. The van der Waals surface area contributed by atoms with E-state index in [4.69, 9.17) is 0 Å². The summed E-state index contributed by atoms with van der Waals surface area (Å²) in [7, 11) is 0. The first-order valence-electron chi connectivity index (χ1n) is 15.5. The highest BCUT2D eigenvalue weighted by Crippen LogP contribution is 2.52. The zero-order chi connectivity index (χ0) is 29.0. The van der Waals surface area contributed by atoms with Gasteiger partial charge >= 0.3 is 0 Å². The second-order valence-corrected chi connectivity index (χ2v) is 12.0. The van der Waals surface area contributed by atoms with Crippen molar-refractivity contribution in [3.63, 3.8) is 0 Å². The van der Waals surface area contributed by atoms with Gasteiger partial charge < -0.3 is 0 Å². The van der Waals surface area contributed by atoms with Crippen LogP contribution in [0.2, 0.25) is 0 Å². The molecule has 0 spiro atoms. The minimum Gasteiger partial charge on any atom is -0.0753 e. The van der Waals surface area contributed by atoms with Crippen molar-refractivity contribution in [2.45, 2.75) is 12.3 Å². The number of rotatable bonds is 4. The van der Waals surface area contributed by atoms with Crippen LogP contribution in [0.4, 0.5) is 0 Å². The van der Waals surface area contributed by atoms with E-state index in [1.807, 2.05) is 0 Å². The van der Waals surface area contributed by atoms with Crippen LogP contribution < -0.4 is 0 Å². The number of hydrogen-bond donors (Lipinski definition) is 0. The fourth-order valence-electron chi connectivity index (χ4n) is 7.51. The Labute approximate surface area is 258 Å². The molecular weight excluding hydrogens is 528 g/mol. The Balaban J connectivity index is 1.10. The van der Waals surface area contributed by atoms with Gasteiger partial charge in [0.1, 0.15) is 0 Å². The maximum atomic E-state index is 2.47. The molecule has 0 fully saturated rings. The van der Waals surface area contributed by atoms with Gasteiger partial charge in [-0.2, -0.15) is 0 Å². The highest BCUT2D eigenvalue weighted by atomic mass is 14.4. The average Bonchev–Trinajstić information content (AvgIpc) is 3.11. The van der Waals surface area contributed by atoms with E-state index in [-0.39, 0.29) is 5.92 Å². The molecule has 0 heteroatoms. The lowest BCUT2D eigenvalue weighted by Crippen LogP contribution is -2.20. The lowest BCUT2D eigenvalue weighted by atomic mass is 9.67. The van der Waals surface area contributed by atoms with Gasteiger partial charge in [-0.15, -0.1) is 0 Å². The molecule has 3 aliphatic carbocycles. The first-order valence-corrected chi connectivity index (χ1v) is 15.5. The van der Waals surface area contributed by atoms with Crippen LogP contribution in [0.1, 0.15) is 28.2 Å². The van der Waals surface area contributed by atoms with Gasteiger partial charge in [0.2, 0.25) is 0 Å². The molecule has 44 heavy (non-hydrogen) atoms. The minimum absolute atomic E-state index is 0.272. The molecule has 9 rings (SSSR count). The summed E-state index contributed by atoms with van der Waals surface area (Å²) < 4.78 is 0. The third kappa shape index (κ3) is 3.99. The van der Waals surface area contributed by atoms with Gasteiger partial charge in [0, 0.05) is 5.92 Å². The number of benzene rings is 6. The van der Waals surface area contributed by atoms with Crippen molar-refractivity contribution >= 4 is 22.4 Å². The van der Waals surface area contributed by atoms with E-state index >= 15 is 0 Å². The fraction of sp³-hybridized carbons (Fsp3) is 0.0455. The smallest absolute Gasteiger partial charge is 0.0352 e. The molecule has 0 nitrogen and oxygen atoms in total. The van der Waals surface area contributed by atoms with Gasteiger partial charge in [0.05, 0.1) is 0 Å². The van der Waals surface area contributed by atoms with Gasteiger partial charge in [0.25, 0.3) is 0 Å². The lowest BCUT2D eigenvalue weighted by Gasteiger charge is -2.36. The fourth-order valence-corrected chi connectivity index (χ4v) is 7.51. The second kappa shape index (κ2) is 10.1. The van der Waals surface area contributed by atoms with Gasteiger partial charge in [-0.1, -0.05) is 158 Å². The molecule has 0 radical (unpaired) electrons. The largest absolute Gasteiger partial charge is 0.0753 e. The first kappa shape index (κ1) is 25.1. The number of allylic oxidation sites excluding steroid dienone is 7. The van der Waals surface area contributed by atoms with Crippen LogP contribution in [0.15, 0.2) is 169 Å². The van der Waals surface area contributed by atoms with Crippen molar-refractivity contribution in [2.75, 3.05) is 0 Å². The Morgan fingerprint density at radius 3 is 2.11 bits per heavy atom. The third-order valence-electron chi connectivity index (χ3n) is 9.63. The summed E-state index contributed by atoms with van der Waals surface area (Å²) in [6.45, 7) is 0. The van der Waals surface area contributed by atoms with Gasteiger partial charge in [-0.05, 0) is 95.6 Å². The molecule has 0 aromatic heterocycles. The lowest BCUT2D eigenvalue weighted by molar-refractivity contribution is 0.899. The third-order valence-corrected chi connectivity index (χ3v) is 9.63. The summed E-state index contributed by atoms with van der Waals surface area (Å²) in [4.78, 5) is 0. The molecule has 0 saturated heterocycles. The van der Waals surface area contributed by atoms with Crippen LogP contribution >= 0.6 is 0 Å². The Morgan fingerprint density at radius 1 is 0.500 bits per heavy atom. The van der Waals surface area contributed by atoms with E-state index in [2.05, 4.69) is 164 Å². The summed E-state index contributed by atoms with van der Waals surface area (Å²) in [6.07, 6.45) is 12.8. The average molecular weight is 559 g/mol. The van der Waals surface area contributed by atoms with Crippen molar-refractivity contribution in [1.82, 2.24) is 0 Å². The number of fused-ring (bicyclic) bond motifs is 1. The second-order valence-electron chi connectivity index (χ2n) is 12.0. The van der Waals surface area contributed by atoms with Crippen LogP contribution in [0.3, 0.4) is 0 Å². The topological polar surface area (TPSA) is 0 Å². The molecule has 0 heterocycles. The molecular formula is C44H30. The molecule has 0 aliphatic heterocycles. The zero-order valence-electron chi connectivity index (χ0n) is 24.4. The maximum Gasteiger partial charge on any atom is 0.0352 e. The molecule has 3 aliphatic rings. The summed E-state index contributed by atoms with van der Waals surface area (Å²) in [6, 6.07) is 48.8. The van der Waals surface area contributed by atoms with Gasteiger partial charge in [-0.3, -0.25) is 0 Å². The molecule has 1 unspecified atom stereocenters. The van der Waals surface area contributed by atoms with Crippen LogP contribution in [0, 0.1) is 0 Å². The summed E-state index contributed by atoms with van der Waals surface area (Å²) in [5, 5.41) is 2.57. The SMILES string of the molecule is C1=Cc2c(-c3ccc(-c4cccc5ccccc45)cc3)ccc3c2C2C1=CC=C(c1cccc(-c4ccccc4)c1)C2=CC3. The summed E-state index contributed by atoms with van der Waals surface area (Å²) >= 11 is 0. The van der Waals surface area contributed by atoms with E-state index < -0.39 is 0 Å². The highest BCUT2D eigenvalue weighted by molar-refractivity contribution is 5.97. The van der Waals surface area contributed by atoms with Crippen LogP contribution in [0.5, 0.6) is 0 Å². The molecule has 0 amide bonds. The predicted molar refractivity (Wildman–Crippen MR) is 186 cm³/mol. The van der Waals surface area contributed by atoms with Crippen LogP contribution in [-0.2, 0) is 6.42 Å². The molecule has 6 aromatic rings. The molecule has 0 bridgehead atoms. The van der Waals surface area contributed by atoms with Crippen molar-refractivity contribution < 1.29 is 0 Å². The Hall–Kier alpha value is -5.46. The van der Waals surface area contributed by atoms with Crippen molar-refractivity contribution in [2.24, 2.45) is 0 Å². The van der Waals surface area contributed by atoms with Crippen molar-refractivity contribution in [3.05, 3.63) is 191 Å². The quantitative estimate of drug-likeness (QED) is 0.202. The molecule has 1 atom stereocenters. The van der Waals surface area contributed by atoms with Crippen molar-refractivity contribution in [1.29, 1.82) is 0 Å². The van der Waals surface area contributed by atoms with E-state index in [1.165, 1.54) is 83.1 Å². The molecule has 206 valence electrons. The zero-order valence-corrected chi connectivity index (χ0v) is 24.4. The molecule has 6 aromatic carbocycles. The molecule has 0 N–H and O–H groups in total. The normalized spacial score (nSPS) is 16.2. The van der Waals surface area contributed by atoms with E-state index in [9.17, 15) is 0 Å². The van der Waals surface area contributed by atoms with Crippen LogP contribution in [0.25, 0.3) is 55.8 Å². The van der Waals surface area contributed by atoms with Crippen LogP contribution in [-0.4, -0.2) is 0 Å². The minimum atomic E-state index is 0.272. The standard InChI is InChI=1S/C44H30/c1-2-8-29(9-3-1)35-12-6-13-36(28-35)40-25-21-34-22-26-41-39(24-20-33-23-27-42(40)44(34)43(33)41)32-18-16-31(17-19-32)38-15-7-11-30-10-4-5-14-37(30)38/h1-22,24-28,44H,23H2. The van der Waals surface area contributed by atoms with E-state index in [0.29, 0.717) is 0 Å².